The van der Waals surface area contributed by atoms with Gasteiger partial charge in [-0.1, -0.05) is 30.5 Å². The number of anilines is 1. The van der Waals surface area contributed by atoms with Crippen LogP contribution < -0.4 is 19.2 Å². The van der Waals surface area contributed by atoms with Gasteiger partial charge >= 0.3 is 0 Å². The third-order valence-electron chi connectivity index (χ3n) is 5.57. The smallest absolute Gasteiger partial charge is 0.264 e. The molecule has 33 heavy (non-hydrogen) atoms. The van der Waals surface area contributed by atoms with E-state index in [1.54, 1.807) is 24.3 Å². The molecule has 0 aliphatic heterocycles. The minimum Gasteiger partial charge on any atom is -0.493 e. The molecule has 1 fully saturated rings. The molecule has 0 atom stereocenters. The molecule has 1 saturated carbocycles. The zero-order valence-corrected chi connectivity index (χ0v) is 20.2. The topological polar surface area (TPSA) is 97.3 Å². The summed E-state index contributed by atoms with van der Waals surface area (Å²) < 4.78 is 38.7. The molecule has 1 aliphatic rings. The number of hydrogen-bond acceptors (Lipinski definition) is 6. The summed E-state index contributed by atoms with van der Waals surface area (Å²) in [5.74, 6) is 0.193. The number of benzene rings is 2. The Morgan fingerprint density at radius 1 is 0.970 bits per heavy atom. The van der Waals surface area contributed by atoms with Crippen LogP contribution in [0.5, 0.6) is 11.5 Å². The predicted molar refractivity (Wildman–Crippen MR) is 129 cm³/mol. The molecular formula is C24H31N3O5S. The second kappa shape index (κ2) is 11.2. The molecule has 0 unspecified atom stereocenters. The first-order valence-corrected chi connectivity index (χ1v) is 12.4. The minimum atomic E-state index is -4.08. The van der Waals surface area contributed by atoms with Crippen molar-refractivity contribution in [1.29, 1.82) is 0 Å². The second-order valence-electron chi connectivity index (χ2n) is 7.99. The highest BCUT2D eigenvalue weighted by Gasteiger charge is 2.28. The van der Waals surface area contributed by atoms with E-state index in [4.69, 9.17) is 9.47 Å². The number of sulfonamides is 1. The number of methoxy groups -OCH3 is 2. The molecule has 0 heterocycles. The molecule has 2 aromatic carbocycles. The zero-order chi connectivity index (χ0) is 23.8. The second-order valence-corrected chi connectivity index (χ2v) is 9.85. The fraction of sp³-hybridized carbons (Fsp3) is 0.417. The maximum absolute atomic E-state index is 13.6. The maximum Gasteiger partial charge on any atom is 0.264 e. The summed E-state index contributed by atoms with van der Waals surface area (Å²) in [6.45, 7) is 1.50. The van der Waals surface area contributed by atoms with Crippen molar-refractivity contribution in [2.75, 3.05) is 25.1 Å². The Balaban J connectivity index is 1.90. The van der Waals surface area contributed by atoms with E-state index in [0.717, 1.165) is 54.1 Å². The largest absolute Gasteiger partial charge is 0.493 e. The Bertz CT molecular complexity index is 1090. The molecule has 1 amide bonds. The van der Waals surface area contributed by atoms with Crippen molar-refractivity contribution in [3.8, 4) is 11.5 Å². The Kier molecular flexibility index (Phi) is 8.32. The van der Waals surface area contributed by atoms with Crippen LogP contribution in [-0.2, 0) is 14.8 Å². The predicted octanol–water partition coefficient (Wildman–Crippen LogP) is 4.03. The number of hydrogen-bond donors (Lipinski definition) is 1. The van der Waals surface area contributed by atoms with Crippen LogP contribution in [-0.4, -0.2) is 40.8 Å². The summed E-state index contributed by atoms with van der Waals surface area (Å²) in [6.07, 6.45) is 6.14. The van der Waals surface area contributed by atoms with Crippen LogP contribution in [0.2, 0.25) is 0 Å². The third-order valence-corrected chi connectivity index (χ3v) is 7.34. The highest BCUT2D eigenvalue weighted by Crippen LogP contribution is 2.32. The number of nitrogens with zero attached hydrogens (tertiary/aromatic N) is 2. The van der Waals surface area contributed by atoms with Crippen molar-refractivity contribution < 1.29 is 22.7 Å². The van der Waals surface area contributed by atoms with Gasteiger partial charge in [0, 0.05) is 11.8 Å². The van der Waals surface area contributed by atoms with E-state index in [9.17, 15) is 13.2 Å². The SMILES string of the molecule is COc1ccc(S(=O)(=O)N(CC(=O)NN=C2CCCCCC2)c2ccc(C)cc2)cc1OC. The first kappa shape index (κ1) is 24.6. The van der Waals surface area contributed by atoms with Crippen LogP contribution in [0.3, 0.4) is 0 Å². The molecule has 0 saturated heterocycles. The number of aryl methyl sites for hydroxylation is 1. The van der Waals surface area contributed by atoms with Crippen LogP contribution >= 0.6 is 0 Å². The number of amides is 1. The molecule has 8 nitrogen and oxygen atoms in total. The van der Waals surface area contributed by atoms with Gasteiger partial charge in [0.2, 0.25) is 0 Å². The van der Waals surface area contributed by atoms with E-state index in [1.807, 2.05) is 6.92 Å². The number of hydrazone groups is 1. The van der Waals surface area contributed by atoms with Gasteiger partial charge in [-0.25, -0.2) is 13.8 Å². The van der Waals surface area contributed by atoms with Crippen LogP contribution in [0.15, 0.2) is 52.5 Å². The minimum absolute atomic E-state index is 0.0105. The lowest BCUT2D eigenvalue weighted by Gasteiger charge is -2.24. The Hall–Kier alpha value is -3.07. The van der Waals surface area contributed by atoms with Gasteiger partial charge in [-0.3, -0.25) is 9.10 Å². The van der Waals surface area contributed by atoms with Gasteiger partial charge in [0.15, 0.2) is 11.5 Å². The van der Waals surface area contributed by atoms with Crippen molar-refractivity contribution in [3.05, 3.63) is 48.0 Å². The number of ether oxygens (including phenoxy) is 2. The van der Waals surface area contributed by atoms with Gasteiger partial charge in [0.25, 0.3) is 15.9 Å². The average Bonchev–Trinajstić information content (AvgIpc) is 3.10. The first-order valence-electron chi connectivity index (χ1n) is 11.0. The van der Waals surface area contributed by atoms with Crippen LogP contribution in [0, 0.1) is 6.92 Å². The molecule has 0 aromatic heterocycles. The van der Waals surface area contributed by atoms with Gasteiger partial charge < -0.3 is 9.47 Å². The van der Waals surface area contributed by atoms with Crippen molar-refractivity contribution in [3.63, 3.8) is 0 Å². The van der Waals surface area contributed by atoms with Gasteiger partial charge in [0.05, 0.1) is 24.8 Å². The summed E-state index contributed by atoms with van der Waals surface area (Å²) in [5.41, 5.74) is 4.86. The van der Waals surface area contributed by atoms with Crippen LogP contribution in [0.25, 0.3) is 0 Å². The Morgan fingerprint density at radius 3 is 2.21 bits per heavy atom. The molecule has 2 aromatic rings. The fourth-order valence-corrected chi connectivity index (χ4v) is 5.12. The van der Waals surface area contributed by atoms with E-state index >= 15 is 0 Å². The van der Waals surface area contributed by atoms with E-state index in [-0.39, 0.29) is 10.6 Å². The lowest BCUT2D eigenvalue weighted by atomic mass is 10.2. The molecule has 178 valence electrons. The molecule has 0 bridgehead atoms. The number of carbonyl (C=O) groups is 1. The number of nitrogens with one attached hydrogen (secondary N) is 1. The maximum atomic E-state index is 13.6. The van der Waals surface area contributed by atoms with Crippen molar-refractivity contribution in [2.45, 2.75) is 50.3 Å². The van der Waals surface area contributed by atoms with Crippen LogP contribution in [0.4, 0.5) is 5.69 Å². The molecule has 3 rings (SSSR count). The molecule has 9 heteroatoms. The monoisotopic (exact) mass is 473 g/mol. The van der Waals surface area contributed by atoms with E-state index in [1.165, 1.54) is 32.4 Å². The van der Waals surface area contributed by atoms with E-state index in [0.29, 0.717) is 11.4 Å². The average molecular weight is 474 g/mol. The number of carbonyl (C=O) groups excluding carboxylic acids is 1. The summed E-state index contributed by atoms with van der Waals surface area (Å²) in [4.78, 5) is 12.7. The summed E-state index contributed by atoms with van der Waals surface area (Å²) >= 11 is 0. The van der Waals surface area contributed by atoms with Crippen molar-refractivity contribution in [1.82, 2.24) is 5.43 Å². The van der Waals surface area contributed by atoms with Crippen LogP contribution in [0.1, 0.15) is 44.1 Å². The third kappa shape index (κ3) is 6.25. The quantitative estimate of drug-likeness (QED) is 0.461. The molecule has 1 N–H and O–H groups in total. The molecular weight excluding hydrogens is 442 g/mol. The normalized spacial score (nSPS) is 14.2. The van der Waals surface area contributed by atoms with Crippen molar-refractivity contribution >= 4 is 27.3 Å². The lowest BCUT2D eigenvalue weighted by molar-refractivity contribution is -0.119. The highest BCUT2D eigenvalue weighted by molar-refractivity contribution is 7.92. The Labute approximate surface area is 195 Å². The Morgan fingerprint density at radius 2 is 1.61 bits per heavy atom. The summed E-state index contributed by atoms with van der Waals surface area (Å²) in [5, 5.41) is 4.27. The van der Waals surface area contributed by atoms with Crippen molar-refractivity contribution in [2.24, 2.45) is 5.10 Å². The fourth-order valence-electron chi connectivity index (χ4n) is 3.69. The van der Waals surface area contributed by atoms with Gasteiger partial charge in [0.1, 0.15) is 6.54 Å². The summed E-state index contributed by atoms with van der Waals surface area (Å²) in [7, 11) is -1.17. The standard InChI is InChI=1S/C24H31N3O5S/c1-18-10-12-20(13-11-18)27(17-24(28)26-25-19-8-6-4-5-7-9-19)33(29,30)21-14-15-22(31-2)23(16-21)32-3/h10-16H,4-9,17H2,1-3H3,(H,26,28). The van der Waals surface area contributed by atoms with Gasteiger partial charge in [-0.15, -0.1) is 0 Å². The molecule has 1 aliphatic carbocycles. The molecule has 0 spiro atoms. The van der Waals surface area contributed by atoms with E-state index in [2.05, 4.69) is 10.5 Å². The molecule has 0 radical (unpaired) electrons. The van der Waals surface area contributed by atoms with Gasteiger partial charge in [-0.05, 0) is 56.9 Å². The lowest BCUT2D eigenvalue weighted by Crippen LogP contribution is -2.39. The first-order chi connectivity index (χ1) is 15.8. The zero-order valence-electron chi connectivity index (χ0n) is 19.3. The number of rotatable bonds is 8. The summed E-state index contributed by atoms with van der Waals surface area (Å²) in [6, 6.07) is 11.3. The van der Waals surface area contributed by atoms with E-state index < -0.39 is 22.5 Å². The highest BCUT2D eigenvalue weighted by atomic mass is 32.2. The van der Waals surface area contributed by atoms with Gasteiger partial charge in [-0.2, -0.15) is 5.10 Å².